The van der Waals surface area contributed by atoms with E-state index in [0.29, 0.717) is 11.8 Å². The maximum atomic E-state index is 12.5. The molecule has 0 spiro atoms. The van der Waals surface area contributed by atoms with Gasteiger partial charge in [0.05, 0.1) is 11.5 Å². The van der Waals surface area contributed by atoms with Crippen LogP contribution in [0.15, 0.2) is 58.8 Å². The number of phenolic OH excluding ortho intramolecular Hbond substituents is 1. The number of aryl methyl sites for hydroxylation is 1. The zero-order chi connectivity index (χ0) is 23.2. The van der Waals surface area contributed by atoms with Crippen molar-refractivity contribution >= 4 is 23.4 Å². The van der Waals surface area contributed by atoms with Crippen molar-refractivity contribution in [3.8, 4) is 17.1 Å². The van der Waals surface area contributed by atoms with Crippen LogP contribution in [0.25, 0.3) is 11.4 Å². The maximum absolute atomic E-state index is 12.5. The number of aromatic hydroxyl groups is 1. The van der Waals surface area contributed by atoms with Gasteiger partial charge in [-0.25, -0.2) is 5.43 Å². The lowest BCUT2D eigenvalue weighted by Gasteiger charge is -2.25. The van der Waals surface area contributed by atoms with Gasteiger partial charge < -0.3 is 5.11 Å². The zero-order valence-electron chi connectivity index (χ0n) is 19.0. The molecule has 8 heteroatoms. The molecule has 33 heavy (non-hydrogen) atoms. The lowest BCUT2D eigenvalue weighted by Crippen LogP contribution is -2.22. The van der Waals surface area contributed by atoms with Crippen molar-refractivity contribution in [3.63, 3.8) is 0 Å². The third kappa shape index (κ3) is 5.82. The van der Waals surface area contributed by atoms with Crippen LogP contribution in [0.5, 0.6) is 5.75 Å². The summed E-state index contributed by atoms with van der Waals surface area (Å²) in [6.45, 7) is 3.88. The molecule has 1 aromatic heterocycles. The summed E-state index contributed by atoms with van der Waals surface area (Å²) in [6.07, 6.45) is 5.87. The molecular weight excluding hydrogens is 434 g/mol. The highest BCUT2D eigenvalue weighted by molar-refractivity contribution is 7.99. The first-order valence-electron chi connectivity index (χ1n) is 11.3. The first-order valence-corrected chi connectivity index (χ1v) is 12.3. The Balaban J connectivity index is 1.47. The van der Waals surface area contributed by atoms with Gasteiger partial charge in [0, 0.05) is 11.6 Å². The van der Waals surface area contributed by atoms with E-state index >= 15 is 0 Å². The number of carbonyl (C=O) groups excluding carboxylic acids is 1. The molecule has 0 aliphatic heterocycles. The number of nitrogens with zero attached hydrogens (tertiary/aromatic N) is 4. The van der Waals surface area contributed by atoms with Gasteiger partial charge >= 0.3 is 0 Å². The number of carbonyl (C=O) groups is 1. The highest BCUT2D eigenvalue weighted by atomic mass is 32.2. The number of thioether (sulfide) groups is 1. The fraction of sp³-hybridized carbons (Fsp3) is 0.360. The van der Waals surface area contributed by atoms with E-state index in [1.54, 1.807) is 24.3 Å². The molecule has 0 radical (unpaired) electrons. The number of hydrazone groups is 1. The Morgan fingerprint density at radius 2 is 1.79 bits per heavy atom. The van der Waals surface area contributed by atoms with Gasteiger partial charge in [-0.1, -0.05) is 60.9 Å². The molecule has 0 atom stereocenters. The van der Waals surface area contributed by atoms with E-state index in [9.17, 15) is 9.90 Å². The molecule has 2 aromatic carbocycles. The average Bonchev–Trinajstić information content (AvgIpc) is 3.26. The smallest absolute Gasteiger partial charge is 0.250 e. The third-order valence-electron chi connectivity index (χ3n) is 5.88. The summed E-state index contributed by atoms with van der Waals surface area (Å²) in [5, 5.41) is 23.3. The molecule has 4 rings (SSSR count). The Labute approximate surface area is 198 Å². The molecule has 7 nitrogen and oxygen atoms in total. The molecule has 1 saturated carbocycles. The van der Waals surface area contributed by atoms with Gasteiger partial charge in [-0.3, -0.25) is 9.36 Å². The largest absolute Gasteiger partial charge is 0.508 e. The van der Waals surface area contributed by atoms with Crippen molar-refractivity contribution < 1.29 is 9.90 Å². The first kappa shape index (κ1) is 23.0. The monoisotopic (exact) mass is 463 g/mol. The van der Waals surface area contributed by atoms with Crippen LogP contribution in [0.4, 0.5) is 0 Å². The molecule has 0 unspecified atom stereocenters. The zero-order valence-corrected chi connectivity index (χ0v) is 19.8. The van der Waals surface area contributed by atoms with Crippen molar-refractivity contribution in [2.45, 2.75) is 57.1 Å². The number of rotatable bonds is 7. The number of phenols is 1. The number of nitrogens with one attached hydrogen (secondary N) is 1. The van der Waals surface area contributed by atoms with Crippen molar-refractivity contribution in [3.05, 3.63) is 59.7 Å². The van der Waals surface area contributed by atoms with Crippen LogP contribution in [0.1, 0.15) is 56.2 Å². The molecule has 1 amide bonds. The molecule has 2 N–H and O–H groups in total. The standard InChI is InChI=1S/C25H29N5O2S/c1-17-8-10-20(11-9-17)24-28-29-25(30(24)21-6-4-3-5-7-21)33-16-23(32)27-26-18(2)19-12-14-22(31)15-13-19/h8-15,21,31H,3-7,16H2,1-2H3,(H,27,32)/b26-18+. The SMILES string of the molecule is C/C(=N\NC(=O)CSc1nnc(-c2ccc(C)cc2)n1C1CCCCC1)c1ccc(O)cc1. The molecule has 0 bridgehead atoms. The fourth-order valence-electron chi connectivity index (χ4n) is 4.02. The van der Waals surface area contributed by atoms with Crippen molar-refractivity contribution in [2.24, 2.45) is 5.10 Å². The topological polar surface area (TPSA) is 92.4 Å². The number of benzene rings is 2. The van der Waals surface area contributed by atoms with E-state index < -0.39 is 0 Å². The van der Waals surface area contributed by atoms with E-state index in [0.717, 1.165) is 34.9 Å². The van der Waals surface area contributed by atoms with E-state index in [-0.39, 0.29) is 17.4 Å². The Morgan fingerprint density at radius 3 is 2.48 bits per heavy atom. The number of hydrogen-bond acceptors (Lipinski definition) is 6. The summed E-state index contributed by atoms with van der Waals surface area (Å²) in [6, 6.07) is 15.4. The Kier molecular flexibility index (Phi) is 7.44. The van der Waals surface area contributed by atoms with Gasteiger partial charge in [-0.05, 0) is 56.5 Å². The molecule has 1 fully saturated rings. The normalized spacial score (nSPS) is 14.9. The minimum atomic E-state index is -0.201. The summed E-state index contributed by atoms with van der Waals surface area (Å²) >= 11 is 1.39. The predicted molar refractivity (Wildman–Crippen MR) is 132 cm³/mol. The molecule has 1 aliphatic rings. The minimum Gasteiger partial charge on any atom is -0.508 e. The van der Waals surface area contributed by atoms with Gasteiger partial charge in [0.25, 0.3) is 5.91 Å². The van der Waals surface area contributed by atoms with Crippen LogP contribution in [-0.2, 0) is 4.79 Å². The summed E-state index contributed by atoms with van der Waals surface area (Å²) < 4.78 is 2.23. The van der Waals surface area contributed by atoms with Crippen LogP contribution in [0, 0.1) is 6.92 Å². The molecular formula is C25H29N5O2S. The van der Waals surface area contributed by atoms with Gasteiger partial charge in [0.1, 0.15) is 5.75 Å². The summed E-state index contributed by atoms with van der Waals surface area (Å²) in [5.74, 6) is 1.06. The molecule has 1 heterocycles. The second kappa shape index (κ2) is 10.7. The van der Waals surface area contributed by atoms with Crippen molar-refractivity contribution in [2.75, 3.05) is 5.75 Å². The van der Waals surface area contributed by atoms with Crippen LogP contribution in [0.2, 0.25) is 0 Å². The second-order valence-electron chi connectivity index (χ2n) is 8.40. The van der Waals surface area contributed by atoms with Crippen molar-refractivity contribution in [1.29, 1.82) is 0 Å². The van der Waals surface area contributed by atoms with Crippen LogP contribution >= 0.6 is 11.8 Å². The Morgan fingerprint density at radius 1 is 1.09 bits per heavy atom. The van der Waals surface area contributed by atoms with Gasteiger partial charge in [-0.2, -0.15) is 5.10 Å². The van der Waals surface area contributed by atoms with E-state index in [1.165, 1.54) is 36.6 Å². The number of aromatic nitrogens is 3. The quantitative estimate of drug-likeness (QED) is 0.289. The van der Waals surface area contributed by atoms with E-state index in [4.69, 9.17) is 0 Å². The summed E-state index contributed by atoms with van der Waals surface area (Å²) in [7, 11) is 0. The molecule has 3 aromatic rings. The average molecular weight is 464 g/mol. The number of amides is 1. The number of hydrogen-bond donors (Lipinski definition) is 2. The van der Waals surface area contributed by atoms with Crippen molar-refractivity contribution in [1.82, 2.24) is 20.2 Å². The Hall–Kier alpha value is -3.13. The first-order chi connectivity index (χ1) is 16.0. The van der Waals surface area contributed by atoms with Gasteiger partial charge in [0.15, 0.2) is 11.0 Å². The fourth-order valence-corrected chi connectivity index (χ4v) is 4.82. The highest BCUT2D eigenvalue weighted by Crippen LogP contribution is 2.35. The van der Waals surface area contributed by atoms with E-state index in [1.807, 2.05) is 6.92 Å². The predicted octanol–water partition coefficient (Wildman–Crippen LogP) is 5.10. The minimum absolute atomic E-state index is 0.194. The summed E-state index contributed by atoms with van der Waals surface area (Å²) in [4.78, 5) is 12.5. The van der Waals surface area contributed by atoms with E-state index in [2.05, 4.69) is 56.5 Å². The molecule has 172 valence electrons. The van der Waals surface area contributed by atoms with Gasteiger partial charge in [0.2, 0.25) is 0 Å². The lowest BCUT2D eigenvalue weighted by molar-refractivity contribution is -0.118. The molecule has 0 saturated heterocycles. The van der Waals surface area contributed by atoms with Gasteiger partial charge in [-0.15, -0.1) is 10.2 Å². The summed E-state index contributed by atoms with van der Waals surface area (Å²) in [5.41, 5.74) is 6.37. The third-order valence-corrected chi connectivity index (χ3v) is 6.82. The maximum Gasteiger partial charge on any atom is 0.250 e. The van der Waals surface area contributed by atoms with Crippen LogP contribution in [0.3, 0.4) is 0 Å². The molecule has 1 aliphatic carbocycles. The Bertz CT molecular complexity index is 1120. The lowest BCUT2D eigenvalue weighted by atomic mass is 9.95. The second-order valence-corrected chi connectivity index (χ2v) is 9.34. The highest BCUT2D eigenvalue weighted by Gasteiger charge is 2.24. The van der Waals surface area contributed by atoms with Crippen LogP contribution in [-0.4, -0.2) is 37.2 Å². The van der Waals surface area contributed by atoms with Crippen LogP contribution < -0.4 is 5.43 Å².